The molecule has 0 fully saturated rings. The fourth-order valence-corrected chi connectivity index (χ4v) is 8.63. The van der Waals surface area contributed by atoms with Gasteiger partial charge in [0.2, 0.25) is 0 Å². The minimum atomic E-state index is 1.28. The summed E-state index contributed by atoms with van der Waals surface area (Å²) in [5, 5.41) is 8.22. The Hall–Kier alpha value is -3.98. The van der Waals surface area contributed by atoms with E-state index in [9.17, 15) is 0 Å². The van der Waals surface area contributed by atoms with Crippen LogP contribution in [0, 0.1) is 13.8 Å². The van der Waals surface area contributed by atoms with Gasteiger partial charge < -0.3 is 0 Å². The van der Waals surface area contributed by atoms with Crippen molar-refractivity contribution in [1.82, 2.24) is 0 Å². The summed E-state index contributed by atoms with van der Waals surface area (Å²) in [4.78, 5) is 0. The summed E-state index contributed by atoms with van der Waals surface area (Å²) in [5.74, 6) is 0. The first-order valence-corrected chi connectivity index (χ1v) is 14.6. The van der Waals surface area contributed by atoms with Crippen LogP contribution in [0.4, 0.5) is 0 Å². The van der Waals surface area contributed by atoms with Crippen molar-refractivity contribution in [2.45, 2.75) is 13.8 Å². The Morgan fingerprint density at radius 2 is 0.842 bits per heavy atom. The van der Waals surface area contributed by atoms with Crippen molar-refractivity contribution in [3.8, 4) is 22.3 Å². The molecule has 180 valence electrons. The molecule has 8 rings (SSSR count). The molecule has 8 aromatic rings. The van der Waals surface area contributed by atoms with Gasteiger partial charge in [0.15, 0.2) is 0 Å². The minimum absolute atomic E-state index is 1.28. The number of rotatable bonds is 2. The second-order valence-corrected chi connectivity index (χ2v) is 12.4. The minimum Gasteiger partial charge on any atom is -0.134 e. The number of hydrogen-bond donors (Lipinski definition) is 0. The van der Waals surface area contributed by atoms with Crippen molar-refractivity contribution in [3.63, 3.8) is 0 Å². The maximum Gasteiger partial charge on any atom is 0.0540 e. The first-order chi connectivity index (χ1) is 18.6. The predicted octanol–water partition coefficient (Wildman–Crippen LogP) is 11.5. The summed E-state index contributed by atoms with van der Waals surface area (Å²) in [6.07, 6.45) is 0. The van der Waals surface area contributed by atoms with E-state index in [0.29, 0.717) is 0 Å². The number of thiophene rings is 2. The van der Waals surface area contributed by atoms with Crippen molar-refractivity contribution < 1.29 is 0 Å². The van der Waals surface area contributed by atoms with Crippen LogP contribution in [0.1, 0.15) is 11.1 Å². The topological polar surface area (TPSA) is 0 Å². The molecule has 0 unspecified atom stereocenters. The van der Waals surface area contributed by atoms with Gasteiger partial charge in [0.05, 0.1) is 9.40 Å². The van der Waals surface area contributed by atoms with Crippen LogP contribution in [-0.2, 0) is 0 Å². The van der Waals surface area contributed by atoms with E-state index < -0.39 is 0 Å². The van der Waals surface area contributed by atoms with Gasteiger partial charge in [-0.1, -0.05) is 108 Å². The van der Waals surface area contributed by atoms with Crippen LogP contribution in [0.5, 0.6) is 0 Å². The van der Waals surface area contributed by atoms with Crippen LogP contribution in [0.15, 0.2) is 109 Å². The van der Waals surface area contributed by atoms with E-state index in [-0.39, 0.29) is 0 Å². The zero-order chi connectivity index (χ0) is 25.4. The Morgan fingerprint density at radius 1 is 0.395 bits per heavy atom. The van der Waals surface area contributed by atoms with Crippen molar-refractivity contribution >= 4 is 73.8 Å². The second kappa shape index (κ2) is 8.26. The largest absolute Gasteiger partial charge is 0.134 e. The van der Waals surface area contributed by atoms with Crippen LogP contribution in [0.25, 0.3) is 73.4 Å². The normalized spacial score (nSPS) is 11.9. The first kappa shape index (κ1) is 22.0. The highest BCUT2D eigenvalue weighted by Gasteiger charge is 2.18. The summed E-state index contributed by atoms with van der Waals surface area (Å²) in [6.45, 7) is 4.33. The molecule has 2 heterocycles. The highest BCUT2D eigenvalue weighted by Crippen LogP contribution is 2.49. The van der Waals surface area contributed by atoms with E-state index in [1.807, 2.05) is 22.7 Å². The number of fused-ring (bicyclic) bond motifs is 10. The summed E-state index contributed by atoms with van der Waals surface area (Å²) in [7, 11) is 0. The molecule has 2 heteroatoms. The van der Waals surface area contributed by atoms with E-state index in [1.165, 1.54) is 84.5 Å². The molecule has 0 aliphatic rings. The average molecular weight is 521 g/mol. The zero-order valence-corrected chi connectivity index (χ0v) is 22.8. The number of benzene rings is 6. The lowest BCUT2D eigenvalue weighted by Gasteiger charge is -2.06. The third-order valence-corrected chi connectivity index (χ3v) is 10.2. The fourth-order valence-electron chi connectivity index (χ4n) is 5.98. The Balaban J connectivity index is 1.45. The summed E-state index contributed by atoms with van der Waals surface area (Å²) >= 11 is 3.89. The highest BCUT2D eigenvalue weighted by atomic mass is 32.1. The molecule has 0 bridgehead atoms. The van der Waals surface area contributed by atoms with Gasteiger partial charge in [0.25, 0.3) is 0 Å². The van der Waals surface area contributed by atoms with E-state index in [2.05, 4.69) is 123 Å². The maximum absolute atomic E-state index is 2.39. The number of aryl methyl sites for hydroxylation is 2. The third kappa shape index (κ3) is 3.27. The second-order valence-electron chi connectivity index (χ2n) is 10.3. The number of hydrogen-bond acceptors (Lipinski definition) is 2. The van der Waals surface area contributed by atoms with Gasteiger partial charge in [-0.15, -0.1) is 22.7 Å². The van der Waals surface area contributed by atoms with Crippen molar-refractivity contribution in [1.29, 1.82) is 0 Å². The van der Waals surface area contributed by atoms with Gasteiger partial charge in [-0.05, 0) is 59.0 Å². The van der Waals surface area contributed by atoms with Gasteiger partial charge in [0, 0.05) is 30.9 Å². The van der Waals surface area contributed by atoms with Crippen LogP contribution >= 0.6 is 22.7 Å². The van der Waals surface area contributed by atoms with Gasteiger partial charge in [-0.2, -0.15) is 0 Å². The van der Waals surface area contributed by atoms with Crippen LogP contribution in [0.2, 0.25) is 0 Å². The highest BCUT2D eigenvalue weighted by molar-refractivity contribution is 7.33. The Bertz CT molecular complexity index is 2050. The van der Waals surface area contributed by atoms with Gasteiger partial charge in [0.1, 0.15) is 0 Å². The monoisotopic (exact) mass is 520 g/mol. The lowest BCUT2D eigenvalue weighted by atomic mass is 9.97. The standard InChI is InChI=1S/C36H24S2/c1-21-7-5-9-23(17-21)25-13-15-29-31(19-25)37-35-33(29)27-11-3-4-12-28(27)34-30-16-14-26(20-32(30)38-36(34)35)24-10-6-8-22(2)18-24/h3-20H,1-2H3. The molecule has 0 amide bonds. The SMILES string of the molecule is Cc1cccc(-c2ccc3c(c2)sc2c4sc5cc(-c6cccc(C)c6)ccc5c4c4ccccc4c32)c1. The van der Waals surface area contributed by atoms with Gasteiger partial charge >= 0.3 is 0 Å². The lowest BCUT2D eigenvalue weighted by molar-refractivity contribution is 1.47. The summed E-state index contributed by atoms with van der Waals surface area (Å²) in [5.41, 5.74) is 7.72. The van der Waals surface area contributed by atoms with Crippen molar-refractivity contribution in [3.05, 3.63) is 120 Å². The Kier molecular flexibility index (Phi) is 4.79. The molecule has 38 heavy (non-hydrogen) atoms. The zero-order valence-electron chi connectivity index (χ0n) is 21.2. The predicted molar refractivity (Wildman–Crippen MR) is 170 cm³/mol. The molecule has 0 aliphatic heterocycles. The smallest absolute Gasteiger partial charge is 0.0540 e. The van der Waals surface area contributed by atoms with Crippen LogP contribution in [0.3, 0.4) is 0 Å². The van der Waals surface area contributed by atoms with E-state index in [4.69, 9.17) is 0 Å². The molecule has 0 nitrogen and oxygen atoms in total. The fraction of sp³-hybridized carbons (Fsp3) is 0.0556. The molecule has 0 saturated carbocycles. The quantitative estimate of drug-likeness (QED) is 0.213. The molecule has 0 aliphatic carbocycles. The Morgan fingerprint density at radius 3 is 1.29 bits per heavy atom. The first-order valence-electron chi connectivity index (χ1n) is 13.0. The Labute approximate surface area is 229 Å². The molecule has 0 N–H and O–H groups in total. The van der Waals surface area contributed by atoms with Crippen molar-refractivity contribution in [2.24, 2.45) is 0 Å². The molecular weight excluding hydrogens is 497 g/mol. The molecule has 2 aromatic heterocycles. The van der Waals surface area contributed by atoms with E-state index in [1.54, 1.807) is 0 Å². The van der Waals surface area contributed by atoms with Crippen LogP contribution in [-0.4, -0.2) is 0 Å². The lowest BCUT2D eigenvalue weighted by Crippen LogP contribution is -1.80. The van der Waals surface area contributed by atoms with E-state index >= 15 is 0 Å². The average Bonchev–Trinajstić information content (AvgIpc) is 3.51. The van der Waals surface area contributed by atoms with Gasteiger partial charge in [-0.25, -0.2) is 0 Å². The maximum atomic E-state index is 2.39. The third-order valence-electron chi connectivity index (χ3n) is 7.75. The summed E-state index contributed by atoms with van der Waals surface area (Å²) in [6, 6.07) is 40.6. The van der Waals surface area contributed by atoms with Crippen molar-refractivity contribution in [2.75, 3.05) is 0 Å². The molecular formula is C36H24S2. The molecule has 0 saturated heterocycles. The van der Waals surface area contributed by atoms with Crippen LogP contribution < -0.4 is 0 Å². The molecule has 0 atom stereocenters. The van der Waals surface area contributed by atoms with E-state index in [0.717, 1.165) is 0 Å². The summed E-state index contributed by atoms with van der Waals surface area (Å²) < 4.78 is 5.53. The van der Waals surface area contributed by atoms with Gasteiger partial charge in [-0.3, -0.25) is 0 Å². The molecule has 0 radical (unpaired) electrons. The molecule has 0 spiro atoms. The molecule has 6 aromatic carbocycles.